The van der Waals surface area contributed by atoms with Crippen molar-refractivity contribution in [2.45, 2.75) is 26.7 Å². The fraction of sp³-hybridized carbons (Fsp3) is 0.462. The van der Waals surface area contributed by atoms with E-state index < -0.39 is 30.3 Å². The smallest absolute Gasteiger partial charge is 0.334 e. The van der Waals surface area contributed by atoms with Gasteiger partial charge >= 0.3 is 17.8 Å². The normalized spacial score (nSPS) is 14.9. The molecule has 0 aliphatic carbocycles. The van der Waals surface area contributed by atoms with Gasteiger partial charge < -0.3 is 9.84 Å². The molecule has 1 aliphatic heterocycles. The van der Waals surface area contributed by atoms with E-state index >= 15 is 0 Å². The van der Waals surface area contributed by atoms with Gasteiger partial charge in [0.25, 0.3) is 0 Å². The van der Waals surface area contributed by atoms with Gasteiger partial charge in [0, 0.05) is 12.6 Å². The van der Waals surface area contributed by atoms with Gasteiger partial charge in [-0.15, -0.1) is 0 Å². The summed E-state index contributed by atoms with van der Waals surface area (Å²) in [5, 5.41) is 5.95. The van der Waals surface area contributed by atoms with Crippen LogP contribution in [0.15, 0.2) is 10.6 Å². The molecule has 9 nitrogen and oxygen atoms in total. The number of aromatic nitrogens is 1. The number of anilines is 1. The van der Waals surface area contributed by atoms with Crippen molar-refractivity contribution in [2.75, 3.05) is 18.4 Å². The van der Waals surface area contributed by atoms with E-state index in [4.69, 9.17) is 4.52 Å². The highest BCUT2D eigenvalue weighted by Crippen LogP contribution is 2.13. The first kappa shape index (κ1) is 15.7. The number of hydrogen-bond donors (Lipinski definition) is 1. The van der Waals surface area contributed by atoms with Gasteiger partial charge in [0.1, 0.15) is 12.3 Å². The number of rotatable bonds is 6. The summed E-state index contributed by atoms with van der Waals surface area (Å²) in [7, 11) is 0. The van der Waals surface area contributed by atoms with Crippen molar-refractivity contribution in [3.8, 4) is 0 Å². The number of amides is 5. The number of imide groups is 2. The predicted octanol–water partition coefficient (Wildman–Crippen LogP) is 0.512. The molecular weight excluding hydrogens is 292 g/mol. The molecule has 22 heavy (non-hydrogen) atoms. The maximum Gasteiger partial charge on any atom is 0.334 e. The molecule has 1 fully saturated rings. The summed E-state index contributed by atoms with van der Waals surface area (Å²) in [6.07, 6.45) is 1.38. The maximum atomic E-state index is 12.0. The van der Waals surface area contributed by atoms with Crippen LogP contribution >= 0.6 is 0 Å². The molecule has 0 spiro atoms. The van der Waals surface area contributed by atoms with E-state index in [0.29, 0.717) is 17.1 Å². The second kappa shape index (κ2) is 6.37. The molecule has 1 saturated heterocycles. The van der Waals surface area contributed by atoms with E-state index in [-0.39, 0.29) is 12.4 Å². The van der Waals surface area contributed by atoms with E-state index in [1.165, 1.54) is 6.07 Å². The lowest BCUT2D eigenvalue weighted by molar-refractivity contribution is -0.143. The van der Waals surface area contributed by atoms with Crippen LogP contribution in [0.5, 0.6) is 0 Å². The summed E-state index contributed by atoms with van der Waals surface area (Å²) >= 11 is 0. The number of nitrogens with zero attached hydrogens (tertiary/aromatic N) is 3. The Labute approximate surface area is 126 Å². The van der Waals surface area contributed by atoms with Gasteiger partial charge in [-0.05, 0) is 13.3 Å². The Hall–Kier alpha value is -2.71. The Morgan fingerprint density at radius 3 is 2.55 bits per heavy atom. The largest absolute Gasteiger partial charge is 0.360 e. The molecule has 1 N–H and O–H groups in total. The number of hydrogen-bond acceptors (Lipinski definition) is 6. The zero-order valence-corrected chi connectivity index (χ0v) is 12.3. The molecule has 5 amide bonds. The Kier molecular flexibility index (Phi) is 4.54. The van der Waals surface area contributed by atoms with Crippen molar-refractivity contribution in [3.05, 3.63) is 11.8 Å². The van der Waals surface area contributed by atoms with Crippen molar-refractivity contribution >= 4 is 29.6 Å². The molecule has 0 atom stereocenters. The van der Waals surface area contributed by atoms with Crippen LogP contribution in [0.3, 0.4) is 0 Å². The van der Waals surface area contributed by atoms with E-state index in [1.54, 1.807) is 6.92 Å². The van der Waals surface area contributed by atoms with Gasteiger partial charge in [0.15, 0.2) is 5.82 Å². The van der Waals surface area contributed by atoms with Crippen molar-refractivity contribution in [2.24, 2.45) is 0 Å². The molecule has 0 aromatic carbocycles. The predicted molar refractivity (Wildman–Crippen MR) is 73.6 cm³/mol. The SMILES string of the molecule is CCCCN1C(=O)C(=O)N(CC(=O)Nc2cc(C)on2)C1=O. The summed E-state index contributed by atoms with van der Waals surface area (Å²) in [5.74, 6) is -1.85. The van der Waals surface area contributed by atoms with Crippen LogP contribution in [0.1, 0.15) is 25.5 Å². The summed E-state index contributed by atoms with van der Waals surface area (Å²) in [5.41, 5.74) is 0. The van der Waals surface area contributed by atoms with Crippen LogP contribution in [0, 0.1) is 6.92 Å². The number of urea groups is 1. The van der Waals surface area contributed by atoms with Gasteiger partial charge in [0.05, 0.1) is 0 Å². The number of aryl methyl sites for hydroxylation is 1. The minimum absolute atomic E-state index is 0.167. The number of unbranched alkanes of at least 4 members (excludes halogenated alkanes) is 1. The Morgan fingerprint density at radius 1 is 1.27 bits per heavy atom. The van der Waals surface area contributed by atoms with Crippen LogP contribution in [0.4, 0.5) is 10.6 Å². The third kappa shape index (κ3) is 3.13. The maximum absolute atomic E-state index is 12.0. The van der Waals surface area contributed by atoms with Crippen LogP contribution in [0.2, 0.25) is 0 Å². The molecule has 1 aliphatic rings. The lowest BCUT2D eigenvalue weighted by Crippen LogP contribution is -2.39. The highest BCUT2D eigenvalue weighted by Gasteiger charge is 2.44. The van der Waals surface area contributed by atoms with Gasteiger partial charge in [-0.2, -0.15) is 0 Å². The van der Waals surface area contributed by atoms with Gasteiger partial charge in [-0.1, -0.05) is 18.5 Å². The molecule has 0 radical (unpaired) electrons. The van der Waals surface area contributed by atoms with E-state index in [1.807, 2.05) is 6.92 Å². The van der Waals surface area contributed by atoms with E-state index in [2.05, 4.69) is 10.5 Å². The first-order valence-electron chi connectivity index (χ1n) is 6.84. The molecule has 2 rings (SSSR count). The number of nitrogens with one attached hydrogen (secondary N) is 1. The van der Waals surface area contributed by atoms with Crippen molar-refractivity contribution in [3.63, 3.8) is 0 Å². The lowest BCUT2D eigenvalue weighted by atomic mass is 10.3. The Balaban J connectivity index is 1.99. The Morgan fingerprint density at radius 2 is 1.95 bits per heavy atom. The van der Waals surface area contributed by atoms with Crippen molar-refractivity contribution in [1.29, 1.82) is 0 Å². The molecule has 2 heterocycles. The molecule has 0 bridgehead atoms. The second-order valence-corrected chi connectivity index (χ2v) is 4.86. The first-order valence-corrected chi connectivity index (χ1v) is 6.84. The molecule has 0 unspecified atom stereocenters. The zero-order valence-electron chi connectivity index (χ0n) is 12.3. The average Bonchev–Trinajstić information content (AvgIpc) is 2.95. The second-order valence-electron chi connectivity index (χ2n) is 4.86. The zero-order chi connectivity index (χ0) is 16.3. The van der Waals surface area contributed by atoms with E-state index in [0.717, 1.165) is 11.3 Å². The molecular formula is C13H16N4O5. The van der Waals surface area contributed by atoms with Crippen LogP contribution < -0.4 is 5.32 Å². The van der Waals surface area contributed by atoms with Crippen molar-refractivity contribution < 1.29 is 23.7 Å². The third-order valence-corrected chi connectivity index (χ3v) is 3.07. The van der Waals surface area contributed by atoms with Gasteiger partial charge in [-0.25, -0.2) is 9.69 Å². The third-order valence-electron chi connectivity index (χ3n) is 3.07. The molecule has 118 valence electrons. The highest BCUT2D eigenvalue weighted by atomic mass is 16.5. The molecule has 1 aromatic heterocycles. The molecule has 1 aromatic rings. The Bertz CT molecular complexity index is 624. The lowest BCUT2D eigenvalue weighted by Gasteiger charge is -2.14. The fourth-order valence-corrected chi connectivity index (χ4v) is 1.95. The minimum atomic E-state index is -0.993. The summed E-state index contributed by atoms with van der Waals surface area (Å²) in [6, 6.07) is 0.722. The summed E-state index contributed by atoms with van der Waals surface area (Å²) in [6.45, 7) is 3.18. The molecule has 9 heteroatoms. The fourth-order valence-electron chi connectivity index (χ4n) is 1.95. The first-order chi connectivity index (χ1) is 10.4. The van der Waals surface area contributed by atoms with Crippen LogP contribution in [0.25, 0.3) is 0 Å². The highest BCUT2D eigenvalue weighted by molar-refractivity contribution is 6.45. The van der Waals surface area contributed by atoms with E-state index in [9.17, 15) is 19.2 Å². The topological polar surface area (TPSA) is 113 Å². The van der Waals surface area contributed by atoms with Crippen LogP contribution in [-0.4, -0.2) is 51.8 Å². The number of carbonyl (C=O) groups is 4. The van der Waals surface area contributed by atoms with Gasteiger partial charge in [0.2, 0.25) is 5.91 Å². The summed E-state index contributed by atoms with van der Waals surface area (Å²) in [4.78, 5) is 48.8. The molecule has 0 saturated carbocycles. The average molecular weight is 308 g/mol. The van der Waals surface area contributed by atoms with Crippen LogP contribution in [-0.2, 0) is 14.4 Å². The summed E-state index contributed by atoms with van der Waals surface area (Å²) < 4.78 is 4.78. The quantitative estimate of drug-likeness (QED) is 0.605. The van der Waals surface area contributed by atoms with Gasteiger partial charge in [-0.3, -0.25) is 19.3 Å². The number of carbonyl (C=O) groups excluding carboxylic acids is 4. The monoisotopic (exact) mass is 308 g/mol. The van der Waals surface area contributed by atoms with Crippen molar-refractivity contribution in [1.82, 2.24) is 15.0 Å². The standard InChI is InChI=1S/C13H16N4O5/c1-3-4-5-16-11(19)12(20)17(13(16)21)7-10(18)14-9-6-8(2)22-15-9/h6H,3-5,7H2,1-2H3,(H,14,15,18). The minimum Gasteiger partial charge on any atom is -0.360 e.